The summed E-state index contributed by atoms with van der Waals surface area (Å²) in [5, 5.41) is 12.1. The van der Waals surface area contributed by atoms with E-state index >= 15 is 0 Å². The molecule has 7 nitrogen and oxygen atoms in total. The minimum absolute atomic E-state index is 0.0536. The van der Waals surface area contributed by atoms with E-state index in [1.54, 1.807) is 13.0 Å². The van der Waals surface area contributed by atoms with Crippen LogP contribution >= 0.6 is 0 Å². The second kappa shape index (κ2) is 4.46. The van der Waals surface area contributed by atoms with Crippen molar-refractivity contribution in [3.05, 3.63) is 35.9 Å². The Labute approximate surface area is 103 Å². The molecular formula is C10H8N4O3S. The molecule has 0 bridgehead atoms. The minimum atomic E-state index is -3.77. The SMILES string of the molecule is Cc1cc(NS(=O)(=O)c2ccc(C#N)nc2)no1. The van der Waals surface area contributed by atoms with Crippen molar-refractivity contribution in [1.82, 2.24) is 10.1 Å². The Hall–Kier alpha value is -2.40. The molecule has 2 rings (SSSR count). The largest absolute Gasteiger partial charge is 0.360 e. The van der Waals surface area contributed by atoms with Gasteiger partial charge >= 0.3 is 0 Å². The smallest absolute Gasteiger partial charge is 0.264 e. The molecule has 92 valence electrons. The summed E-state index contributed by atoms with van der Waals surface area (Å²) in [6.45, 7) is 1.65. The number of nitrogens with one attached hydrogen (secondary N) is 1. The lowest BCUT2D eigenvalue weighted by Crippen LogP contribution is -2.13. The fourth-order valence-corrected chi connectivity index (χ4v) is 2.14. The first-order valence-electron chi connectivity index (χ1n) is 4.83. The average molecular weight is 264 g/mol. The van der Waals surface area contributed by atoms with Crippen LogP contribution < -0.4 is 4.72 Å². The Balaban J connectivity index is 2.28. The minimum Gasteiger partial charge on any atom is -0.360 e. The van der Waals surface area contributed by atoms with Gasteiger partial charge in [-0.1, -0.05) is 5.16 Å². The number of pyridine rings is 1. The third-order valence-electron chi connectivity index (χ3n) is 2.03. The zero-order valence-electron chi connectivity index (χ0n) is 9.28. The molecule has 0 aliphatic carbocycles. The van der Waals surface area contributed by atoms with Gasteiger partial charge in [0.05, 0.1) is 0 Å². The third kappa shape index (κ3) is 2.46. The summed E-state index contributed by atoms with van der Waals surface area (Å²) in [7, 11) is -3.77. The van der Waals surface area contributed by atoms with Crippen molar-refractivity contribution in [3.63, 3.8) is 0 Å². The highest BCUT2D eigenvalue weighted by Gasteiger charge is 2.16. The molecule has 0 fully saturated rings. The van der Waals surface area contributed by atoms with E-state index < -0.39 is 10.0 Å². The van der Waals surface area contributed by atoms with Crippen LogP contribution in [0.1, 0.15) is 11.5 Å². The molecule has 0 radical (unpaired) electrons. The maximum Gasteiger partial charge on any atom is 0.264 e. The van der Waals surface area contributed by atoms with Crippen molar-refractivity contribution in [3.8, 4) is 6.07 Å². The first kappa shape index (κ1) is 12.1. The third-order valence-corrected chi connectivity index (χ3v) is 3.37. The van der Waals surface area contributed by atoms with Crippen molar-refractivity contribution in [2.75, 3.05) is 4.72 Å². The highest BCUT2D eigenvalue weighted by Crippen LogP contribution is 2.15. The van der Waals surface area contributed by atoms with Crippen LogP contribution in [0, 0.1) is 18.3 Å². The molecule has 2 heterocycles. The second-order valence-electron chi connectivity index (χ2n) is 3.42. The van der Waals surface area contributed by atoms with Gasteiger partial charge in [-0.3, -0.25) is 4.72 Å². The van der Waals surface area contributed by atoms with E-state index in [1.165, 1.54) is 18.2 Å². The van der Waals surface area contributed by atoms with Crippen LogP contribution in [0.4, 0.5) is 5.82 Å². The highest BCUT2D eigenvalue weighted by atomic mass is 32.2. The monoisotopic (exact) mass is 264 g/mol. The van der Waals surface area contributed by atoms with Crippen LogP contribution in [0.2, 0.25) is 0 Å². The Morgan fingerprint density at radius 3 is 2.72 bits per heavy atom. The average Bonchev–Trinajstić information content (AvgIpc) is 2.74. The van der Waals surface area contributed by atoms with Crippen LogP contribution in [0.3, 0.4) is 0 Å². The molecule has 0 spiro atoms. The fourth-order valence-electron chi connectivity index (χ4n) is 1.22. The van der Waals surface area contributed by atoms with Gasteiger partial charge in [-0.2, -0.15) is 5.26 Å². The quantitative estimate of drug-likeness (QED) is 0.887. The molecule has 1 N–H and O–H groups in total. The summed E-state index contributed by atoms with van der Waals surface area (Å²) in [6, 6.07) is 5.87. The molecule has 2 aromatic rings. The van der Waals surface area contributed by atoms with Crippen molar-refractivity contribution >= 4 is 15.8 Å². The van der Waals surface area contributed by atoms with Crippen LogP contribution in [0.15, 0.2) is 33.8 Å². The number of anilines is 1. The number of aromatic nitrogens is 2. The summed E-state index contributed by atoms with van der Waals surface area (Å²) in [6.07, 6.45) is 1.10. The molecule has 0 saturated heterocycles. The normalized spacial score (nSPS) is 10.9. The molecule has 0 aromatic carbocycles. The molecule has 2 aromatic heterocycles. The number of nitrogens with zero attached hydrogens (tertiary/aromatic N) is 3. The lowest BCUT2D eigenvalue weighted by molar-refractivity contribution is 0.400. The van der Waals surface area contributed by atoms with Crippen LogP contribution in [-0.4, -0.2) is 18.6 Å². The Morgan fingerprint density at radius 2 is 2.22 bits per heavy atom. The van der Waals surface area contributed by atoms with Crippen LogP contribution in [0.5, 0.6) is 0 Å². The summed E-state index contributed by atoms with van der Waals surface area (Å²) in [5.41, 5.74) is 0.145. The van der Waals surface area contributed by atoms with Gasteiger partial charge in [-0.25, -0.2) is 13.4 Å². The standard InChI is InChI=1S/C10H8N4O3S/c1-7-4-10(13-17-7)14-18(15,16)9-3-2-8(5-11)12-6-9/h2-4,6H,1H3,(H,13,14). The topological polar surface area (TPSA) is 109 Å². The molecule has 8 heteroatoms. The van der Waals surface area contributed by atoms with Gasteiger partial charge in [0.15, 0.2) is 5.82 Å². The van der Waals surface area contributed by atoms with Crippen LogP contribution in [-0.2, 0) is 10.0 Å². The molecule has 0 aliphatic rings. The Kier molecular flexibility index (Phi) is 2.99. The van der Waals surface area contributed by atoms with E-state index in [1.807, 2.05) is 0 Å². The first-order valence-corrected chi connectivity index (χ1v) is 6.32. The number of rotatable bonds is 3. The van der Waals surface area contributed by atoms with Crippen molar-refractivity contribution < 1.29 is 12.9 Å². The zero-order valence-corrected chi connectivity index (χ0v) is 10.1. The lowest BCUT2D eigenvalue weighted by atomic mass is 10.4. The molecule has 0 aliphatic heterocycles. The number of hydrogen-bond donors (Lipinski definition) is 1. The van der Waals surface area contributed by atoms with E-state index in [0.29, 0.717) is 5.76 Å². The summed E-state index contributed by atoms with van der Waals surface area (Å²) < 4.78 is 30.8. The number of nitriles is 1. The van der Waals surface area contributed by atoms with Gasteiger partial charge in [-0.05, 0) is 19.1 Å². The summed E-state index contributed by atoms with van der Waals surface area (Å²) >= 11 is 0. The van der Waals surface area contributed by atoms with Gasteiger partial charge in [0.2, 0.25) is 0 Å². The predicted octanol–water partition coefficient (Wildman–Crippen LogP) is 1.05. The first-order chi connectivity index (χ1) is 8.51. The zero-order chi connectivity index (χ0) is 13.2. The number of hydrogen-bond acceptors (Lipinski definition) is 6. The van der Waals surface area contributed by atoms with Gasteiger partial charge < -0.3 is 4.52 Å². The molecule has 0 amide bonds. The van der Waals surface area contributed by atoms with E-state index in [4.69, 9.17) is 9.78 Å². The maximum atomic E-state index is 11.9. The predicted molar refractivity (Wildman–Crippen MR) is 61.0 cm³/mol. The van der Waals surface area contributed by atoms with Gasteiger partial charge in [-0.15, -0.1) is 0 Å². The molecule has 18 heavy (non-hydrogen) atoms. The van der Waals surface area contributed by atoms with Crippen molar-refractivity contribution in [2.45, 2.75) is 11.8 Å². The van der Waals surface area contributed by atoms with E-state index in [-0.39, 0.29) is 16.4 Å². The maximum absolute atomic E-state index is 11.9. The lowest BCUT2D eigenvalue weighted by Gasteiger charge is -2.03. The van der Waals surface area contributed by atoms with E-state index in [0.717, 1.165) is 6.20 Å². The second-order valence-corrected chi connectivity index (χ2v) is 5.10. The number of aryl methyl sites for hydroxylation is 1. The molecular weight excluding hydrogens is 256 g/mol. The molecule has 0 atom stereocenters. The highest BCUT2D eigenvalue weighted by molar-refractivity contribution is 7.92. The van der Waals surface area contributed by atoms with Gasteiger partial charge in [0.1, 0.15) is 22.4 Å². The summed E-state index contributed by atoms with van der Waals surface area (Å²) in [4.78, 5) is 3.63. The summed E-state index contributed by atoms with van der Waals surface area (Å²) in [5.74, 6) is 0.586. The van der Waals surface area contributed by atoms with E-state index in [9.17, 15) is 8.42 Å². The Morgan fingerprint density at radius 1 is 1.44 bits per heavy atom. The number of sulfonamides is 1. The van der Waals surface area contributed by atoms with E-state index in [2.05, 4.69) is 14.9 Å². The van der Waals surface area contributed by atoms with Crippen LogP contribution in [0.25, 0.3) is 0 Å². The molecule has 0 saturated carbocycles. The molecule has 0 unspecified atom stereocenters. The Bertz CT molecular complexity index is 697. The van der Waals surface area contributed by atoms with Gasteiger partial charge in [0.25, 0.3) is 10.0 Å². The van der Waals surface area contributed by atoms with Crippen molar-refractivity contribution in [1.29, 1.82) is 5.26 Å². The fraction of sp³-hybridized carbons (Fsp3) is 0.100. The van der Waals surface area contributed by atoms with Crippen molar-refractivity contribution in [2.24, 2.45) is 0 Å². The van der Waals surface area contributed by atoms with Gasteiger partial charge in [0, 0.05) is 12.3 Å².